The van der Waals surface area contributed by atoms with Crippen molar-refractivity contribution in [2.45, 2.75) is 6.18 Å². The summed E-state index contributed by atoms with van der Waals surface area (Å²) >= 11 is 2.08. The Bertz CT molecular complexity index is 745. The third-order valence-electron chi connectivity index (χ3n) is 2.89. The third kappa shape index (κ3) is 5.22. The molecule has 0 aromatic heterocycles. The van der Waals surface area contributed by atoms with E-state index in [2.05, 4.69) is 27.9 Å². The molecule has 2 aromatic carbocycles. The van der Waals surface area contributed by atoms with Crippen LogP contribution in [-0.4, -0.2) is 18.5 Å². The average molecular weight is 449 g/mol. The van der Waals surface area contributed by atoms with Gasteiger partial charge in [0.15, 0.2) is 6.61 Å². The molecule has 0 heterocycles. The van der Waals surface area contributed by atoms with Gasteiger partial charge in [-0.25, -0.2) is 4.79 Å². The number of rotatable bonds is 4. The molecule has 4 nitrogen and oxygen atoms in total. The van der Waals surface area contributed by atoms with Crippen LogP contribution in [0.5, 0.6) is 0 Å². The van der Waals surface area contributed by atoms with Crippen LogP contribution in [0.4, 0.5) is 18.9 Å². The van der Waals surface area contributed by atoms with Gasteiger partial charge in [0.25, 0.3) is 5.91 Å². The summed E-state index contributed by atoms with van der Waals surface area (Å²) in [7, 11) is 0. The van der Waals surface area contributed by atoms with Gasteiger partial charge in [0, 0.05) is 9.26 Å². The van der Waals surface area contributed by atoms with Crippen LogP contribution in [0.2, 0.25) is 0 Å². The van der Waals surface area contributed by atoms with Gasteiger partial charge in [-0.2, -0.15) is 13.2 Å². The Morgan fingerprint density at radius 1 is 1.08 bits per heavy atom. The lowest BCUT2D eigenvalue weighted by molar-refractivity contribution is -0.137. The molecule has 0 unspecified atom stereocenters. The molecular weight excluding hydrogens is 438 g/mol. The van der Waals surface area contributed by atoms with Crippen LogP contribution in [0.1, 0.15) is 15.9 Å². The summed E-state index contributed by atoms with van der Waals surface area (Å²) in [5.74, 6) is -1.42. The SMILES string of the molecule is O=C(COC(=O)c1ccc(I)cc1)Nc1cccc(C(F)(F)F)c1. The quantitative estimate of drug-likeness (QED) is 0.565. The number of carbonyl (C=O) groups is 2. The Morgan fingerprint density at radius 3 is 2.38 bits per heavy atom. The van der Waals surface area contributed by atoms with E-state index < -0.39 is 30.2 Å². The van der Waals surface area contributed by atoms with Crippen LogP contribution < -0.4 is 5.32 Å². The number of hydrogen-bond acceptors (Lipinski definition) is 3. The molecule has 1 N–H and O–H groups in total. The summed E-state index contributed by atoms with van der Waals surface area (Å²) in [6.07, 6.45) is -4.50. The Morgan fingerprint density at radius 2 is 1.75 bits per heavy atom. The normalized spacial score (nSPS) is 11.0. The number of alkyl halides is 3. The highest BCUT2D eigenvalue weighted by Gasteiger charge is 2.30. The van der Waals surface area contributed by atoms with Crippen molar-refractivity contribution in [1.82, 2.24) is 0 Å². The predicted octanol–water partition coefficient (Wildman–Crippen LogP) is 4.11. The molecule has 0 fully saturated rings. The molecule has 0 aliphatic heterocycles. The highest BCUT2D eigenvalue weighted by Crippen LogP contribution is 2.30. The Labute approximate surface area is 149 Å². The van der Waals surface area contributed by atoms with E-state index in [1.54, 1.807) is 24.3 Å². The topological polar surface area (TPSA) is 55.4 Å². The van der Waals surface area contributed by atoms with Crippen LogP contribution in [0.15, 0.2) is 48.5 Å². The largest absolute Gasteiger partial charge is 0.452 e. The first-order chi connectivity index (χ1) is 11.3. The fourth-order valence-corrected chi connectivity index (χ4v) is 2.13. The molecule has 126 valence electrons. The zero-order chi connectivity index (χ0) is 17.7. The molecule has 0 saturated heterocycles. The maximum atomic E-state index is 12.6. The molecular formula is C16H11F3INO3. The van der Waals surface area contributed by atoms with Gasteiger partial charge in [0.1, 0.15) is 0 Å². The standard InChI is InChI=1S/C16H11F3INO3/c17-16(18,19)11-2-1-3-13(8-11)21-14(22)9-24-15(23)10-4-6-12(20)7-5-10/h1-8H,9H2,(H,21,22). The lowest BCUT2D eigenvalue weighted by Gasteiger charge is -2.10. The second kappa shape index (κ2) is 7.65. The van der Waals surface area contributed by atoms with E-state index in [1.165, 1.54) is 12.1 Å². The molecule has 24 heavy (non-hydrogen) atoms. The number of halogens is 4. The van der Waals surface area contributed by atoms with Crippen molar-refractivity contribution in [1.29, 1.82) is 0 Å². The van der Waals surface area contributed by atoms with Gasteiger partial charge in [0.05, 0.1) is 11.1 Å². The molecule has 0 radical (unpaired) electrons. The number of amides is 1. The fraction of sp³-hybridized carbons (Fsp3) is 0.125. The van der Waals surface area contributed by atoms with E-state index in [-0.39, 0.29) is 11.3 Å². The van der Waals surface area contributed by atoms with Crippen molar-refractivity contribution >= 4 is 40.2 Å². The fourth-order valence-electron chi connectivity index (χ4n) is 1.77. The summed E-state index contributed by atoms with van der Waals surface area (Å²) in [6.45, 7) is -0.596. The van der Waals surface area contributed by atoms with Crippen molar-refractivity contribution in [2.24, 2.45) is 0 Å². The van der Waals surface area contributed by atoms with Crippen LogP contribution in [-0.2, 0) is 15.7 Å². The van der Waals surface area contributed by atoms with E-state index >= 15 is 0 Å². The number of esters is 1. The minimum atomic E-state index is -4.50. The number of ether oxygens (including phenoxy) is 1. The summed E-state index contributed by atoms with van der Waals surface area (Å²) in [6, 6.07) is 10.7. The number of benzene rings is 2. The molecule has 8 heteroatoms. The molecule has 2 rings (SSSR count). The molecule has 1 amide bonds. The average Bonchev–Trinajstić information content (AvgIpc) is 2.53. The van der Waals surface area contributed by atoms with E-state index in [0.717, 1.165) is 15.7 Å². The lowest BCUT2D eigenvalue weighted by Crippen LogP contribution is -2.21. The number of anilines is 1. The first-order valence-electron chi connectivity index (χ1n) is 6.65. The smallest absolute Gasteiger partial charge is 0.416 e. The minimum Gasteiger partial charge on any atom is -0.452 e. The second-order valence-electron chi connectivity index (χ2n) is 4.71. The molecule has 0 aliphatic rings. The summed E-state index contributed by atoms with van der Waals surface area (Å²) in [5, 5.41) is 2.25. The summed E-state index contributed by atoms with van der Waals surface area (Å²) in [5.41, 5.74) is -0.626. The molecule has 0 atom stereocenters. The molecule has 2 aromatic rings. The van der Waals surface area contributed by atoms with E-state index in [1.807, 2.05) is 0 Å². The van der Waals surface area contributed by atoms with Crippen molar-refractivity contribution in [3.05, 3.63) is 63.2 Å². The van der Waals surface area contributed by atoms with Crippen molar-refractivity contribution in [3.63, 3.8) is 0 Å². The van der Waals surface area contributed by atoms with Gasteiger partial charge >= 0.3 is 12.1 Å². The first-order valence-corrected chi connectivity index (χ1v) is 7.73. The van der Waals surface area contributed by atoms with E-state index in [4.69, 9.17) is 4.74 Å². The molecule has 0 aliphatic carbocycles. The molecule has 0 saturated carbocycles. The molecule has 0 bridgehead atoms. The van der Waals surface area contributed by atoms with E-state index in [0.29, 0.717) is 0 Å². The van der Waals surface area contributed by atoms with Gasteiger partial charge in [-0.1, -0.05) is 6.07 Å². The van der Waals surface area contributed by atoms with E-state index in [9.17, 15) is 22.8 Å². The van der Waals surface area contributed by atoms with Crippen molar-refractivity contribution in [2.75, 3.05) is 11.9 Å². The van der Waals surface area contributed by atoms with Crippen LogP contribution in [0, 0.1) is 3.57 Å². The summed E-state index contributed by atoms with van der Waals surface area (Å²) in [4.78, 5) is 23.4. The van der Waals surface area contributed by atoms with Crippen LogP contribution in [0.3, 0.4) is 0 Å². The summed E-state index contributed by atoms with van der Waals surface area (Å²) < 4.78 is 43.5. The van der Waals surface area contributed by atoms with Crippen molar-refractivity contribution < 1.29 is 27.5 Å². The number of carbonyl (C=O) groups excluding carboxylic acids is 2. The zero-order valence-electron chi connectivity index (χ0n) is 12.1. The monoisotopic (exact) mass is 449 g/mol. The minimum absolute atomic E-state index is 0.0276. The van der Waals surface area contributed by atoms with Gasteiger partial charge in [0.2, 0.25) is 0 Å². The maximum absolute atomic E-state index is 12.6. The van der Waals surface area contributed by atoms with Gasteiger partial charge in [-0.3, -0.25) is 4.79 Å². The second-order valence-corrected chi connectivity index (χ2v) is 5.96. The highest BCUT2D eigenvalue weighted by molar-refractivity contribution is 14.1. The Balaban J connectivity index is 1.92. The van der Waals surface area contributed by atoms with Crippen LogP contribution in [0.25, 0.3) is 0 Å². The molecule has 0 spiro atoms. The Kier molecular flexibility index (Phi) is 5.81. The number of nitrogens with one attached hydrogen (secondary N) is 1. The maximum Gasteiger partial charge on any atom is 0.416 e. The number of hydrogen-bond donors (Lipinski definition) is 1. The van der Waals surface area contributed by atoms with Gasteiger partial charge in [-0.15, -0.1) is 0 Å². The predicted molar refractivity (Wildman–Crippen MR) is 89.5 cm³/mol. The van der Waals surface area contributed by atoms with Crippen molar-refractivity contribution in [3.8, 4) is 0 Å². The van der Waals surface area contributed by atoms with Crippen LogP contribution >= 0.6 is 22.6 Å². The highest BCUT2D eigenvalue weighted by atomic mass is 127. The zero-order valence-corrected chi connectivity index (χ0v) is 14.2. The first kappa shape index (κ1) is 18.2. The van der Waals surface area contributed by atoms with Gasteiger partial charge in [-0.05, 0) is 65.1 Å². The Hall–Kier alpha value is -2.10. The van der Waals surface area contributed by atoms with Gasteiger partial charge < -0.3 is 10.1 Å². The lowest BCUT2D eigenvalue weighted by atomic mass is 10.2. The third-order valence-corrected chi connectivity index (χ3v) is 3.61.